The van der Waals surface area contributed by atoms with Crippen LogP contribution in [0.2, 0.25) is 0 Å². The Kier molecular flexibility index (Phi) is 5.84. The number of halogens is 1. The Morgan fingerprint density at radius 3 is 2.50 bits per heavy atom. The van der Waals surface area contributed by atoms with Gasteiger partial charge in [-0.25, -0.2) is 9.18 Å². The molecule has 0 aromatic heterocycles. The minimum atomic E-state index is -0.643. The summed E-state index contributed by atoms with van der Waals surface area (Å²) in [5.41, 5.74) is 0.220. The number of anilines is 1. The molecule has 26 heavy (non-hydrogen) atoms. The minimum Gasteiger partial charge on any atom is -0.465 e. The Morgan fingerprint density at radius 1 is 1.19 bits per heavy atom. The van der Waals surface area contributed by atoms with E-state index in [0.717, 1.165) is 12.1 Å². The molecule has 0 radical (unpaired) electrons. The molecule has 0 aliphatic rings. The van der Waals surface area contributed by atoms with Crippen molar-refractivity contribution < 1.29 is 23.6 Å². The van der Waals surface area contributed by atoms with Gasteiger partial charge >= 0.3 is 5.97 Å². The first-order valence-electron chi connectivity index (χ1n) is 7.48. The molecule has 2 aromatic carbocycles. The van der Waals surface area contributed by atoms with Gasteiger partial charge in [-0.15, -0.1) is 0 Å². The number of benzene rings is 2. The molecule has 2 aromatic rings. The fourth-order valence-corrected chi connectivity index (χ4v) is 2.26. The Hall–Kier alpha value is -3.49. The van der Waals surface area contributed by atoms with Crippen molar-refractivity contribution in [2.24, 2.45) is 0 Å². The molecule has 0 fully saturated rings. The lowest BCUT2D eigenvalue weighted by Gasteiger charge is -2.10. The lowest BCUT2D eigenvalue weighted by molar-refractivity contribution is -0.384. The average Bonchev–Trinajstić information content (AvgIpc) is 2.65. The van der Waals surface area contributed by atoms with Gasteiger partial charge in [0.05, 0.1) is 17.6 Å². The fourth-order valence-electron chi connectivity index (χ4n) is 2.26. The molecule has 0 aliphatic heterocycles. The highest BCUT2D eigenvalue weighted by atomic mass is 19.1. The van der Waals surface area contributed by atoms with Crippen LogP contribution in [-0.2, 0) is 11.3 Å². The third kappa shape index (κ3) is 4.12. The number of ether oxygens (including phenoxy) is 1. The summed E-state index contributed by atoms with van der Waals surface area (Å²) in [6.07, 6.45) is 0. The quantitative estimate of drug-likeness (QED) is 0.465. The molecule has 0 saturated carbocycles. The maximum Gasteiger partial charge on any atom is 0.337 e. The number of amides is 1. The van der Waals surface area contributed by atoms with E-state index in [2.05, 4.69) is 15.4 Å². The van der Waals surface area contributed by atoms with Crippen LogP contribution in [0.4, 0.5) is 15.8 Å². The van der Waals surface area contributed by atoms with E-state index in [1.165, 1.54) is 38.4 Å². The summed E-state index contributed by atoms with van der Waals surface area (Å²) in [7, 11) is 2.62. The van der Waals surface area contributed by atoms with E-state index in [9.17, 15) is 24.1 Å². The van der Waals surface area contributed by atoms with Crippen LogP contribution in [0.5, 0.6) is 0 Å². The van der Waals surface area contributed by atoms with Gasteiger partial charge in [0.2, 0.25) is 0 Å². The van der Waals surface area contributed by atoms with Crippen LogP contribution in [0.25, 0.3) is 0 Å². The SMILES string of the molecule is CNC(=O)c1ccc(NCc2cc(C(=O)OC)ccc2F)c([N+](=O)[O-])c1. The number of carbonyl (C=O) groups is 2. The van der Waals surface area contributed by atoms with Crippen LogP contribution in [0, 0.1) is 15.9 Å². The first-order valence-corrected chi connectivity index (χ1v) is 7.48. The van der Waals surface area contributed by atoms with Crippen molar-refractivity contribution in [3.63, 3.8) is 0 Å². The topological polar surface area (TPSA) is 111 Å². The zero-order valence-corrected chi connectivity index (χ0v) is 14.0. The molecular formula is C17H16FN3O5. The summed E-state index contributed by atoms with van der Waals surface area (Å²) in [4.78, 5) is 33.7. The molecule has 8 nitrogen and oxygen atoms in total. The molecule has 0 spiro atoms. The molecule has 0 aliphatic carbocycles. The van der Waals surface area contributed by atoms with Crippen molar-refractivity contribution in [2.75, 3.05) is 19.5 Å². The van der Waals surface area contributed by atoms with Gasteiger partial charge in [0.25, 0.3) is 11.6 Å². The highest BCUT2D eigenvalue weighted by Crippen LogP contribution is 2.26. The predicted octanol–water partition coefficient (Wildman–Crippen LogP) is 2.49. The van der Waals surface area contributed by atoms with Crippen molar-refractivity contribution in [1.29, 1.82) is 0 Å². The summed E-state index contributed by atoms with van der Waals surface area (Å²) in [6, 6.07) is 7.61. The molecule has 0 atom stereocenters. The highest BCUT2D eigenvalue weighted by molar-refractivity contribution is 5.95. The van der Waals surface area contributed by atoms with Gasteiger partial charge in [0.15, 0.2) is 0 Å². The number of nitro groups is 1. The zero-order valence-electron chi connectivity index (χ0n) is 14.0. The van der Waals surface area contributed by atoms with E-state index in [-0.39, 0.29) is 34.6 Å². The van der Waals surface area contributed by atoms with Crippen molar-refractivity contribution in [3.8, 4) is 0 Å². The number of hydrogen-bond donors (Lipinski definition) is 2. The standard InChI is InChI=1S/C17H16FN3O5/c1-19-16(22)10-4-6-14(15(8-10)21(24)25)20-9-12-7-11(17(23)26-2)3-5-13(12)18/h3-8,20H,9H2,1-2H3,(H,19,22). The number of nitrogens with one attached hydrogen (secondary N) is 2. The molecule has 0 bridgehead atoms. The van der Waals surface area contributed by atoms with E-state index in [4.69, 9.17) is 0 Å². The molecular weight excluding hydrogens is 345 g/mol. The van der Waals surface area contributed by atoms with Gasteiger partial charge in [-0.2, -0.15) is 0 Å². The van der Waals surface area contributed by atoms with Crippen LogP contribution < -0.4 is 10.6 Å². The number of nitro benzene ring substituents is 1. The summed E-state index contributed by atoms with van der Waals surface area (Å²) in [5.74, 6) is -1.65. The summed E-state index contributed by atoms with van der Waals surface area (Å²) < 4.78 is 18.5. The third-order valence-electron chi connectivity index (χ3n) is 3.62. The van der Waals surface area contributed by atoms with Gasteiger partial charge in [-0.1, -0.05) is 0 Å². The molecule has 136 valence electrons. The average molecular weight is 361 g/mol. The zero-order chi connectivity index (χ0) is 19.3. The van der Waals surface area contributed by atoms with Gasteiger partial charge in [-0.3, -0.25) is 14.9 Å². The van der Waals surface area contributed by atoms with Crippen molar-refractivity contribution >= 4 is 23.3 Å². The molecule has 9 heteroatoms. The van der Waals surface area contributed by atoms with Gasteiger partial charge < -0.3 is 15.4 Å². The fraction of sp³-hybridized carbons (Fsp3) is 0.176. The highest BCUT2D eigenvalue weighted by Gasteiger charge is 2.18. The second-order valence-electron chi connectivity index (χ2n) is 5.22. The third-order valence-corrected chi connectivity index (χ3v) is 3.62. The minimum absolute atomic E-state index is 0.100. The van der Waals surface area contributed by atoms with Gasteiger partial charge in [0.1, 0.15) is 11.5 Å². The molecule has 1 amide bonds. The lowest BCUT2D eigenvalue weighted by atomic mass is 10.1. The maximum absolute atomic E-state index is 13.9. The Balaban J connectivity index is 2.28. The van der Waals surface area contributed by atoms with Crippen molar-refractivity contribution in [2.45, 2.75) is 6.54 Å². The number of methoxy groups -OCH3 is 1. The summed E-state index contributed by atoms with van der Waals surface area (Å²) in [5, 5.41) is 16.4. The molecule has 0 heterocycles. The first-order chi connectivity index (χ1) is 12.4. The van der Waals surface area contributed by atoms with Gasteiger partial charge in [0, 0.05) is 30.8 Å². The van der Waals surface area contributed by atoms with Crippen LogP contribution in [-0.4, -0.2) is 31.0 Å². The number of nitrogens with zero attached hydrogens (tertiary/aromatic N) is 1. The van der Waals surface area contributed by atoms with Gasteiger partial charge in [-0.05, 0) is 30.3 Å². The monoisotopic (exact) mass is 361 g/mol. The van der Waals surface area contributed by atoms with Crippen LogP contribution in [0.1, 0.15) is 26.3 Å². The van der Waals surface area contributed by atoms with E-state index in [1.54, 1.807) is 0 Å². The van der Waals surface area contributed by atoms with E-state index >= 15 is 0 Å². The Labute approximate surface area is 148 Å². The van der Waals surface area contributed by atoms with E-state index in [1.807, 2.05) is 0 Å². The molecule has 0 unspecified atom stereocenters. The molecule has 2 N–H and O–H groups in total. The normalized spacial score (nSPS) is 10.1. The molecule has 0 saturated heterocycles. The Morgan fingerprint density at radius 2 is 1.88 bits per heavy atom. The summed E-state index contributed by atoms with van der Waals surface area (Å²) in [6.45, 7) is -0.100. The van der Waals surface area contributed by atoms with Crippen molar-refractivity contribution in [3.05, 3.63) is 69.0 Å². The number of rotatable bonds is 6. The van der Waals surface area contributed by atoms with Crippen molar-refractivity contribution in [1.82, 2.24) is 5.32 Å². The largest absolute Gasteiger partial charge is 0.465 e. The predicted molar refractivity (Wildman–Crippen MR) is 91.6 cm³/mol. The smallest absolute Gasteiger partial charge is 0.337 e. The number of esters is 1. The van der Waals surface area contributed by atoms with Crippen LogP contribution >= 0.6 is 0 Å². The second kappa shape index (κ2) is 8.06. The second-order valence-corrected chi connectivity index (χ2v) is 5.22. The Bertz CT molecular complexity index is 869. The number of hydrogen-bond acceptors (Lipinski definition) is 6. The summed E-state index contributed by atoms with van der Waals surface area (Å²) >= 11 is 0. The van der Waals surface area contributed by atoms with Crippen LogP contribution in [0.3, 0.4) is 0 Å². The lowest BCUT2D eigenvalue weighted by Crippen LogP contribution is -2.18. The maximum atomic E-state index is 13.9. The first kappa shape index (κ1) is 18.8. The van der Waals surface area contributed by atoms with E-state index < -0.39 is 22.6 Å². The van der Waals surface area contributed by atoms with E-state index in [0.29, 0.717) is 0 Å². The number of carbonyl (C=O) groups excluding carboxylic acids is 2. The molecule has 2 rings (SSSR count). The van der Waals surface area contributed by atoms with Crippen LogP contribution in [0.15, 0.2) is 36.4 Å².